The number of rotatable bonds is 4. The number of hydrogen-bond donors (Lipinski definition) is 0. The Hall–Kier alpha value is -2.50. The first-order valence-electron chi connectivity index (χ1n) is 9.10. The van der Waals surface area contributed by atoms with Crippen molar-refractivity contribution in [2.75, 3.05) is 44.8 Å². The Bertz CT molecular complexity index is 783. The van der Waals surface area contributed by atoms with Crippen LogP contribution < -0.4 is 9.64 Å². The van der Waals surface area contributed by atoms with Crippen molar-refractivity contribution >= 4 is 22.8 Å². The van der Waals surface area contributed by atoms with E-state index in [1.165, 1.54) is 5.56 Å². The van der Waals surface area contributed by atoms with E-state index in [9.17, 15) is 4.79 Å². The van der Waals surface area contributed by atoms with Gasteiger partial charge in [-0.1, -0.05) is 26.0 Å². The van der Waals surface area contributed by atoms with Gasteiger partial charge in [0, 0.05) is 31.6 Å². The topological polar surface area (TPSA) is 54.9 Å². The molecule has 140 valence electrons. The number of fused-ring (bicyclic) bond motifs is 1. The summed E-state index contributed by atoms with van der Waals surface area (Å²) in [4.78, 5) is 20.9. The number of piperazine rings is 1. The molecule has 1 aromatic heterocycles. The van der Waals surface area contributed by atoms with Crippen LogP contribution in [0.4, 0.5) is 10.6 Å². The van der Waals surface area contributed by atoms with Crippen LogP contribution in [0.3, 0.4) is 0 Å². The fourth-order valence-corrected chi connectivity index (χ4v) is 3.15. The second-order valence-corrected chi connectivity index (χ2v) is 7.10. The third kappa shape index (κ3) is 3.84. The molecule has 0 aliphatic carbocycles. The zero-order chi connectivity index (χ0) is 18.7. The summed E-state index contributed by atoms with van der Waals surface area (Å²) < 4.78 is 10.8. The van der Waals surface area contributed by atoms with Gasteiger partial charge in [0.05, 0.1) is 13.7 Å². The smallest absolute Gasteiger partial charge is 0.409 e. The van der Waals surface area contributed by atoms with E-state index < -0.39 is 0 Å². The van der Waals surface area contributed by atoms with Crippen LogP contribution in [-0.2, 0) is 4.74 Å². The molecule has 0 bridgehead atoms. The summed E-state index contributed by atoms with van der Waals surface area (Å²) in [5.41, 5.74) is 2.05. The molecule has 1 amide bonds. The molecule has 6 nitrogen and oxygen atoms in total. The fourth-order valence-electron chi connectivity index (χ4n) is 3.15. The van der Waals surface area contributed by atoms with E-state index >= 15 is 0 Å². The maximum atomic E-state index is 12.1. The minimum Gasteiger partial charge on any atom is -0.494 e. The largest absolute Gasteiger partial charge is 0.494 e. The maximum absolute atomic E-state index is 12.1. The Morgan fingerprint density at radius 3 is 2.62 bits per heavy atom. The van der Waals surface area contributed by atoms with E-state index in [0.717, 1.165) is 35.6 Å². The predicted octanol–water partition coefficient (Wildman–Crippen LogP) is 3.47. The number of para-hydroxylation sites is 1. The van der Waals surface area contributed by atoms with Crippen LogP contribution >= 0.6 is 0 Å². The van der Waals surface area contributed by atoms with Gasteiger partial charge in [-0.25, -0.2) is 9.78 Å². The summed E-state index contributed by atoms with van der Waals surface area (Å²) in [6.07, 6.45) is -0.220. The molecule has 1 aliphatic rings. The van der Waals surface area contributed by atoms with E-state index in [0.29, 0.717) is 25.6 Å². The highest BCUT2D eigenvalue weighted by Gasteiger charge is 2.23. The van der Waals surface area contributed by atoms with Crippen LogP contribution in [0.15, 0.2) is 24.3 Å². The SMILES string of the molecule is COc1cccc2c(C)cc(N3CCN(C(=O)OCC(C)C)CC3)nc12. The number of methoxy groups -OCH3 is 1. The number of carbonyl (C=O) groups excluding carboxylic acids is 1. The number of benzene rings is 1. The zero-order valence-electron chi connectivity index (χ0n) is 16.0. The molecule has 0 N–H and O–H groups in total. The van der Waals surface area contributed by atoms with Crippen LogP contribution in [0.2, 0.25) is 0 Å². The lowest BCUT2D eigenvalue weighted by atomic mass is 10.1. The van der Waals surface area contributed by atoms with E-state index in [2.05, 4.69) is 24.0 Å². The third-order valence-electron chi connectivity index (χ3n) is 4.62. The van der Waals surface area contributed by atoms with Crippen molar-refractivity contribution in [3.8, 4) is 5.75 Å². The molecule has 3 rings (SSSR count). The van der Waals surface area contributed by atoms with E-state index in [1.807, 2.05) is 26.0 Å². The number of anilines is 1. The van der Waals surface area contributed by atoms with Crippen molar-refractivity contribution in [2.45, 2.75) is 20.8 Å². The lowest BCUT2D eigenvalue weighted by Crippen LogP contribution is -2.49. The first-order chi connectivity index (χ1) is 12.5. The summed E-state index contributed by atoms with van der Waals surface area (Å²) in [6.45, 7) is 9.38. The Morgan fingerprint density at radius 1 is 1.23 bits per heavy atom. The zero-order valence-corrected chi connectivity index (χ0v) is 16.0. The highest BCUT2D eigenvalue weighted by atomic mass is 16.6. The molecule has 1 aromatic carbocycles. The molecule has 0 atom stereocenters. The summed E-state index contributed by atoms with van der Waals surface area (Å²) >= 11 is 0. The average molecular weight is 357 g/mol. The van der Waals surface area contributed by atoms with Crippen molar-refractivity contribution in [3.63, 3.8) is 0 Å². The van der Waals surface area contributed by atoms with Crippen LogP contribution in [-0.4, -0.2) is 55.9 Å². The first kappa shape index (κ1) is 18.3. The molecule has 1 saturated heterocycles. The normalized spacial score (nSPS) is 14.8. The van der Waals surface area contributed by atoms with Crippen LogP contribution in [0, 0.1) is 12.8 Å². The molecule has 1 fully saturated rings. The Morgan fingerprint density at radius 2 is 1.96 bits per heavy atom. The van der Waals surface area contributed by atoms with Crippen molar-refractivity contribution in [1.82, 2.24) is 9.88 Å². The van der Waals surface area contributed by atoms with Gasteiger partial charge in [-0.15, -0.1) is 0 Å². The highest BCUT2D eigenvalue weighted by molar-refractivity contribution is 5.88. The van der Waals surface area contributed by atoms with E-state index in [-0.39, 0.29) is 6.09 Å². The lowest BCUT2D eigenvalue weighted by molar-refractivity contribution is 0.0901. The van der Waals surface area contributed by atoms with Gasteiger partial charge in [0.2, 0.25) is 0 Å². The van der Waals surface area contributed by atoms with Crippen molar-refractivity contribution < 1.29 is 14.3 Å². The van der Waals surface area contributed by atoms with Crippen molar-refractivity contribution in [3.05, 3.63) is 29.8 Å². The molecular formula is C20H27N3O3. The van der Waals surface area contributed by atoms with Gasteiger partial charge in [0.25, 0.3) is 0 Å². The van der Waals surface area contributed by atoms with Gasteiger partial charge in [0.1, 0.15) is 17.1 Å². The molecule has 2 aromatic rings. The monoisotopic (exact) mass is 357 g/mol. The fraction of sp³-hybridized carbons (Fsp3) is 0.500. The Balaban J connectivity index is 1.72. The van der Waals surface area contributed by atoms with Crippen LogP contribution in [0.5, 0.6) is 5.75 Å². The summed E-state index contributed by atoms with van der Waals surface area (Å²) in [5.74, 6) is 2.05. The van der Waals surface area contributed by atoms with Crippen molar-refractivity contribution in [1.29, 1.82) is 0 Å². The maximum Gasteiger partial charge on any atom is 0.409 e. The number of carbonyl (C=O) groups is 1. The molecule has 0 radical (unpaired) electrons. The van der Waals surface area contributed by atoms with Gasteiger partial charge in [-0.3, -0.25) is 0 Å². The van der Waals surface area contributed by atoms with E-state index in [4.69, 9.17) is 14.5 Å². The first-order valence-corrected chi connectivity index (χ1v) is 9.10. The quantitative estimate of drug-likeness (QED) is 0.839. The molecule has 1 aliphatic heterocycles. The molecule has 0 saturated carbocycles. The minimum atomic E-state index is -0.220. The predicted molar refractivity (Wildman–Crippen MR) is 103 cm³/mol. The molecular weight excluding hydrogens is 330 g/mol. The van der Waals surface area contributed by atoms with E-state index in [1.54, 1.807) is 12.0 Å². The number of aromatic nitrogens is 1. The summed E-state index contributed by atoms with van der Waals surface area (Å²) in [5, 5.41) is 1.10. The number of ether oxygens (including phenoxy) is 2. The number of aryl methyl sites for hydroxylation is 1. The molecule has 26 heavy (non-hydrogen) atoms. The van der Waals surface area contributed by atoms with Crippen LogP contribution in [0.1, 0.15) is 19.4 Å². The van der Waals surface area contributed by atoms with Crippen molar-refractivity contribution in [2.24, 2.45) is 5.92 Å². The van der Waals surface area contributed by atoms with Gasteiger partial charge in [-0.05, 0) is 30.5 Å². The third-order valence-corrected chi connectivity index (χ3v) is 4.62. The number of amides is 1. The molecule has 2 heterocycles. The van der Waals surface area contributed by atoms with Gasteiger partial charge in [0.15, 0.2) is 0 Å². The second-order valence-electron chi connectivity index (χ2n) is 7.10. The standard InChI is InChI=1S/C20H27N3O3/c1-14(2)13-26-20(24)23-10-8-22(9-11-23)18-12-15(3)16-6-5-7-17(25-4)19(16)21-18/h5-7,12,14H,8-11,13H2,1-4H3. The molecule has 6 heteroatoms. The second kappa shape index (κ2) is 7.81. The lowest BCUT2D eigenvalue weighted by Gasteiger charge is -2.35. The summed E-state index contributed by atoms with van der Waals surface area (Å²) in [7, 11) is 1.67. The van der Waals surface area contributed by atoms with Gasteiger partial charge < -0.3 is 19.3 Å². The van der Waals surface area contributed by atoms with Gasteiger partial charge in [-0.2, -0.15) is 0 Å². The molecule has 0 unspecified atom stereocenters. The highest BCUT2D eigenvalue weighted by Crippen LogP contribution is 2.29. The van der Waals surface area contributed by atoms with Gasteiger partial charge >= 0.3 is 6.09 Å². The number of nitrogens with zero attached hydrogens (tertiary/aromatic N) is 3. The number of pyridine rings is 1. The minimum absolute atomic E-state index is 0.220. The Labute approximate surface area is 154 Å². The van der Waals surface area contributed by atoms with Crippen LogP contribution in [0.25, 0.3) is 10.9 Å². The summed E-state index contributed by atoms with van der Waals surface area (Å²) in [6, 6.07) is 8.08. The molecule has 0 spiro atoms. The Kier molecular flexibility index (Phi) is 5.49. The number of hydrogen-bond acceptors (Lipinski definition) is 5. The average Bonchev–Trinajstić information content (AvgIpc) is 2.65.